The zero-order valence-electron chi connectivity index (χ0n) is 14.8. The molecular formula is C19H20N6O. The summed E-state index contributed by atoms with van der Waals surface area (Å²) >= 11 is 0. The zero-order chi connectivity index (χ0) is 18.1. The highest BCUT2D eigenvalue weighted by molar-refractivity contribution is 5.93. The predicted molar refractivity (Wildman–Crippen MR) is 99.4 cm³/mol. The molecule has 1 N–H and O–H groups in total. The molecule has 0 saturated carbocycles. The molecule has 1 aromatic carbocycles. The van der Waals surface area contributed by atoms with E-state index in [9.17, 15) is 4.79 Å². The molecule has 1 aliphatic rings. The fourth-order valence-corrected chi connectivity index (χ4v) is 3.30. The van der Waals surface area contributed by atoms with Gasteiger partial charge in [0.25, 0.3) is 0 Å². The highest BCUT2D eigenvalue weighted by Gasteiger charge is 2.28. The highest BCUT2D eigenvalue weighted by atomic mass is 16.2. The van der Waals surface area contributed by atoms with E-state index in [1.54, 1.807) is 16.9 Å². The molecule has 0 radical (unpaired) electrons. The average Bonchev–Trinajstić information content (AvgIpc) is 3.10. The van der Waals surface area contributed by atoms with Crippen LogP contribution in [0.4, 0.5) is 11.5 Å². The first-order valence-electron chi connectivity index (χ1n) is 8.56. The molecule has 1 unspecified atom stereocenters. The molecule has 0 saturated heterocycles. The van der Waals surface area contributed by atoms with E-state index in [1.807, 2.05) is 38.2 Å². The van der Waals surface area contributed by atoms with E-state index in [2.05, 4.69) is 37.6 Å². The molecule has 3 aromatic rings. The van der Waals surface area contributed by atoms with Gasteiger partial charge >= 0.3 is 0 Å². The lowest BCUT2D eigenvalue weighted by molar-refractivity contribution is -0.119. The largest absolute Gasteiger partial charge is 0.374 e. The van der Waals surface area contributed by atoms with Gasteiger partial charge in [0.1, 0.15) is 5.82 Å². The number of nitrogens with one attached hydrogen (secondary N) is 1. The number of aromatic nitrogens is 4. The maximum Gasteiger partial charge on any atom is 0.230 e. The van der Waals surface area contributed by atoms with Gasteiger partial charge in [-0.2, -0.15) is 14.9 Å². The minimum atomic E-state index is -0.123. The van der Waals surface area contributed by atoms with Gasteiger partial charge in [-0.15, -0.1) is 5.10 Å². The van der Waals surface area contributed by atoms with Crippen LogP contribution < -0.4 is 10.2 Å². The van der Waals surface area contributed by atoms with Crippen molar-refractivity contribution in [2.24, 2.45) is 5.92 Å². The first kappa shape index (κ1) is 16.3. The molecule has 0 bridgehead atoms. The standard InChI is InChI=1S/C19H20N6O/c1-13-7-8-18(23-22-13)25-17(9-10-20-25)21-19(26)15-11-14-5-3-4-6-16(14)24(2)12-15/h3-10,15H,11-12H2,1-2H3,(H,21,26). The third-order valence-electron chi connectivity index (χ3n) is 4.63. The van der Waals surface area contributed by atoms with Crippen molar-refractivity contribution in [3.8, 4) is 5.82 Å². The van der Waals surface area contributed by atoms with Crippen molar-refractivity contribution in [2.45, 2.75) is 13.3 Å². The summed E-state index contributed by atoms with van der Waals surface area (Å²) < 4.78 is 1.59. The van der Waals surface area contributed by atoms with Crippen molar-refractivity contribution in [3.05, 3.63) is 59.9 Å². The van der Waals surface area contributed by atoms with Gasteiger partial charge in [-0.25, -0.2) is 0 Å². The van der Waals surface area contributed by atoms with Gasteiger partial charge in [0.05, 0.1) is 17.8 Å². The molecule has 7 heteroatoms. The number of nitrogens with zero attached hydrogens (tertiary/aromatic N) is 5. The first-order valence-corrected chi connectivity index (χ1v) is 8.56. The number of aryl methyl sites for hydroxylation is 1. The van der Waals surface area contributed by atoms with E-state index in [0.717, 1.165) is 12.1 Å². The maximum atomic E-state index is 12.8. The molecule has 7 nitrogen and oxygen atoms in total. The van der Waals surface area contributed by atoms with Crippen LogP contribution in [0.3, 0.4) is 0 Å². The Balaban J connectivity index is 1.53. The van der Waals surface area contributed by atoms with E-state index >= 15 is 0 Å². The fourth-order valence-electron chi connectivity index (χ4n) is 3.30. The molecule has 1 aliphatic heterocycles. The monoisotopic (exact) mass is 348 g/mol. The van der Waals surface area contributed by atoms with Crippen molar-refractivity contribution in [3.63, 3.8) is 0 Å². The van der Waals surface area contributed by atoms with Crippen LogP contribution in [0, 0.1) is 12.8 Å². The van der Waals surface area contributed by atoms with Gasteiger partial charge in [-0.3, -0.25) is 4.79 Å². The lowest BCUT2D eigenvalue weighted by Gasteiger charge is -2.32. The van der Waals surface area contributed by atoms with Gasteiger partial charge < -0.3 is 10.2 Å². The van der Waals surface area contributed by atoms with Crippen LogP contribution >= 0.6 is 0 Å². The second-order valence-corrected chi connectivity index (χ2v) is 6.56. The summed E-state index contributed by atoms with van der Waals surface area (Å²) in [5.74, 6) is 1.02. The minimum absolute atomic E-state index is 0.0202. The lowest BCUT2D eigenvalue weighted by atomic mass is 9.92. The smallest absolute Gasteiger partial charge is 0.230 e. The summed E-state index contributed by atoms with van der Waals surface area (Å²) in [4.78, 5) is 15.0. The SMILES string of the molecule is Cc1ccc(-n2nccc2NC(=O)C2Cc3ccccc3N(C)C2)nn1. The zero-order valence-corrected chi connectivity index (χ0v) is 14.8. The third-order valence-corrected chi connectivity index (χ3v) is 4.63. The van der Waals surface area contributed by atoms with Crippen molar-refractivity contribution in [1.82, 2.24) is 20.0 Å². The second-order valence-electron chi connectivity index (χ2n) is 6.56. The number of para-hydroxylation sites is 1. The normalized spacial score (nSPS) is 16.2. The van der Waals surface area contributed by atoms with Crippen LogP contribution in [0.5, 0.6) is 0 Å². The Morgan fingerprint density at radius 3 is 2.81 bits per heavy atom. The van der Waals surface area contributed by atoms with E-state index in [1.165, 1.54) is 11.3 Å². The Hall–Kier alpha value is -3.22. The van der Waals surface area contributed by atoms with Crippen molar-refractivity contribution in [2.75, 3.05) is 23.8 Å². The quantitative estimate of drug-likeness (QED) is 0.785. The number of fused-ring (bicyclic) bond motifs is 1. The van der Waals surface area contributed by atoms with Gasteiger partial charge in [0.2, 0.25) is 5.91 Å². The van der Waals surface area contributed by atoms with Crippen molar-refractivity contribution < 1.29 is 4.79 Å². The summed E-state index contributed by atoms with van der Waals surface area (Å²) in [6, 6.07) is 13.7. The molecule has 132 valence electrons. The van der Waals surface area contributed by atoms with Crippen LogP contribution in [0.1, 0.15) is 11.3 Å². The maximum absolute atomic E-state index is 12.8. The van der Waals surface area contributed by atoms with Gasteiger partial charge in [-0.1, -0.05) is 18.2 Å². The van der Waals surface area contributed by atoms with Crippen LogP contribution in [-0.4, -0.2) is 39.5 Å². The Kier molecular flexibility index (Phi) is 4.12. The van der Waals surface area contributed by atoms with Gasteiger partial charge in [0.15, 0.2) is 5.82 Å². The van der Waals surface area contributed by atoms with E-state index in [-0.39, 0.29) is 11.8 Å². The Labute approximate surface area is 151 Å². The van der Waals surface area contributed by atoms with Crippen molar-refractivity contribution in [1.29, 1.82) is 0 Å². The molecule has 0 spiro atoms. The molecule has 1 amide bonds. The number of anilines is 2. The molecule has 3 heterocycles. The minimum Gasteiger partial charge on any atom is -0.374 e. The number of carbonyl (C=O) groups is 1. The Morgan fingerprint density at radius 1 is 1.15 bits per heavy atom. The number of carbonyl (C=O) groups excluding carboxylic acids is 1. The summed E-state index contributed by atoms with van der Waals surface area (Å²) in [6.45, 7) is 2.56. The number of hydrogen-bond acceptors (Lipinski definition) is 5. The Morgan fingerprint density at radius 2 is 2.00 bits per heavy atom. The summed E-state index contributed by atoms with van der Waals surface area (Å²) in [5, 5.41) is 15.4. The molecule has 0 aliphatic carbocycles. The van der Waals surface area contributed by atoms with E-state index < -0.39 is 0 Å². The Bertz CT molecular complexity index is 933. The van der Waals surface area contributed by atoms with Gasteiger partial charge in [-0.05, 0) is 37.1 Å². The van der Waals surface area contributed by atoms with E-state index in [4.69, 9.17) is 0 Å². The average molecular weight is 348 g/mol. The number of benzene rings is 1. The van der Waals surface area contributed by atoms with Crippen LogP contribution in [0.25, 0.3) is 5.82 Å². The number of hydrogen-bond donors (Lipinski definition) is 1. The summed E-state index contributed by atoms with van der Waals surface area (Å²) in [6.07, 6.45) is 2.37. The third kappa shape index (κ3) is 3.03. The van der Waals surface area contributed by atoms with Crippen LogP contribution in [0.15, 0.2) is 48.7 Å². The topological polar surface area (TPSA) is 75.9 Å². The highest BCUT2D eigenvalue weighted by Crippen LogP contribution is 2.29. The molecule has 2 aromatic heterocycles. The first-order chi connectivity index (χ1) is 12.6. The second kappa shape index (κ2) is 6.59. The lowest BCUT2D eigenvalue weighted by Crippen LogP contribution is -2.39. The molecule has 0 fully saturated rings. The fraction of sp³-hybridized carbons (Fsp3) is 0.263. The van der Waals surface area contributed by atoms with Gasteiger partial charge in [0, 0.05) is 25.3 Å². The number of amides is 1. The van der Waals surface area contributed by atoms with Crippen LogP contribution in [-0.2, 0) is 11.2 Å². The summed E-state index contributed by atoms with van der Waals surface area (Å²) in [5.41, 5.74) is 3.21. The van der Waals surface area contributed by atoms with Crippen LogP contribution in [0.2, 0.25) is 0 Å². The number of rotatable bonds is 3. The molecule has 4 rings (SSSR count). The molecule has 26 heavy (non-hydrogen) atoms. The van der Waals surface area contributed by atoms with E-state index in [0.29, 0.717) is 18.2 Å². The van der Waals surface area contributed by atoms with Crippen molar-refractivity contribution >= 4 is 17.4 Å². The summed E-state index contributed by atoms with van der Waals surface area (Å²) in [7, 11) is 2.02. The molecular weight excluding hydrogens is 328 g/mol. The predicted octanol–water partition coefficient (Wildman–Crippen LogP) is 2.22. The molecule has 1 atom stereocenters.